The van der Waals surface area contributed by atoms with Crippen LogP contribution in [-0.4, -0.2) is 6.04 Å². The molecule has 0 aliphatic heterocycles. The second-order valence-electron chi connectivity index (χ2n) is 5.81. The molecule has 21 heavy (non-hydrogen) atoms. The van der Waals surface area contributed by atoms with Crippen LogP contribution in [0, 0.1) is 0 Å². The third-order valence-electron chi connectivity index (χ3n) is 4.07. The Morgan fingerprint density at radius 3 is 2.10 bits per heavy atom. The van der Waals surface area contributed by atoms with Crippen molar-refractivity contribution in [3.8, 4) is 0 Å². The maximum absolute atomic E-state index is 3.77. The maximum atomic E-state index is 3.77. The highest BCUT2D eigenvalue weighted by molar-refractivity contribution is 5.25. The monoisotopic (exact) mass is 281 g/mol. The van der Waals surface area contributed by atoms with Gasteiger partial charge in [0.05, 0.1) is 0 Å². The van der Waals surface area contributed by atoms with Crippen LogP contribution < -0.4 is 5.32 Å². The lowest BCUT2D eigenvalue weighted by atomic mass is 9.99. The van der Waals surface area contributed by atoms with Crippen LogP contribution in [0.5, 0.6) is 0 Å². The van der Waals surface area contributed by atoms with E-state index in [-0.39, 0.29) is 0 Å². The Bertz CT molecular complexity index is 515. The summed E-state index contributed by atoms with van der Waals surface area (Å²) in [6.45, 7) is 6.73. The number of aryl methyl sites for hydroxylation is 1. The Balaban J connectivity index is 1.97. The molecule has 0 spiro atoms. The summed E-state index contributed by atoms with van der Waals surface area (Å²) < 4.78 is 0. The Morgan fingerprint density at radius 2 is 1.52 bits per heavy atom. The van der Waals surface area contributed by atoms with Crippen LogP contribution in [0.3, 0.4) is 0 Å². The molecule has 2 atom stereocenters. The van der Waals surface area contributed by atoms with Gasteiger partial charge in [0.2, 0.25) is 0 Å². The first-order chi connectivity index (χ1) is 10.2. The van der Waals surface area contributed by atoms with E-state index in [1.54, 1.807) is 0 Å². The van der Waals surface area contributed by atoms with Crippen molar-refractivity contribution in [1.82, 2.24) is 5.32 Å². The highest BCUT2D eigenvalue weighted by Crippen LogP contribution is 2.19. The third kappa shape index (κ3) is 4.71. The van der Waals surface area contributed by atoms with Gasteiger partial charge in [0, 0.05) is 12.1 Å². The summed E-state index contributed by atoms with van der Waals surface area (Å²) >= 11 is 0. The fourth-order valence-electron chi connectivity index (χ4n) is 2.81. The van der Waals surface area contributed by atoms with Crippen LogP contribution in [0.2, 0.25) is 0 Å². The SMILES string of the molecule is CCc1ccc(C(CC)NC(C)Cc2ccccc2)cc1. The van der Waals surface area contributed by atoms with Crippen molar-refractivity contribution in [2.24, 2.45) is 0 Å². The van der Waals surface area contributed by atoms with Gasteiger partial charge in [-0.2, -0.15) is 0 Å². The normalized spacial score (nSPS) is 13.9. The molecule has 112 valence electrons. The van der Waals surface area contributed by atoms with Crippen molar-refractivity contribution in [3.63, 3.8) is 0 Å². The van der Waals surface area contributed by atoms with Gasteiger partial charge in [0.1, 0.15) is 0 Å². The summed E-state index contributed by atoms with van der Waals surface area (Å²) in [6.07, 6.45) is 3.30. The van der Waals surface area contributed by atoms with E-state index in [4.69, 9.17) is 0 Å². The number of nitrogens with one attached hydrogen (secondary N) is 1. The van der Waals surface area contributed by atoms with Crippen LogP contribution >= 0.6 is 0 Å². The molecular weight excluding hydrogens is 254 g/mol. The average Bonchev–Trinajstić information content (AvgIpc) is 2.53. The number of hydrogen-bond donors (Lipinski definition) is 1. The van der Waals surface area contributed by atoms with Gasteiger partial charge in [-0.1, -0.05) is 68.4 Å². The lowest BCUT2D eigenvalue weighted by molar-refractivity contribution is 0.443. The Hall–Kier alpha value is -1.60. The molecule has 0 heterocycles. The molecule has 2 aromatic rings. The van der Waals surface area contributed by atoms with Gasteiger partial charge in [0.25, 0.3) is 0 Å². The molecule has 0 saturated carbocycles. The molecule has 1 nitrogen and oxygen atoms in total. The molecule has 0 saturated heterocycles. The van der Waals surface area contributed by atoms with E-state index in [9.17, 15) is 0 Å². The second kappa shape index (κ2) is 7.99. The molecule has 2 unspecified atom stereocenters. The molecule has 1 N–H and O–H groups in total. The molecule has 0 fully saturated rings. The van der Waals surface area contributed by atoms with Crippen molar-refractivity contribution in [2.45, 2.75) is 52.1 Å². The van der Waals surface area contributed by atoms with Gasteiger partial charge in [-0.3, -0.25) is 0 Å². The van der Waals surface area contributed by atoms with Crippen LogP contribution in [-0.2, 0) is 12.8 Å². The van der Waals surface area contributed by atoms with Crippen molar-refractivity contribution in [1.29, 1.82) is 0 Å². The van der Waals surface area contributed by atoms with Crippen LogP contribution in [0.4, 0.5) is 0 Å². The lowest BCUT2D eigenvalue weighted by Crippen LogP contribution is -2.31. The number of benzene rings is 2. The Kier molecular flexibility index (Phi) is 6.01. The molecule has 1 heteroatoms. The minimum absolute atomic E-state index is 0.439. The van der Waals surface area contributed by atoms with Gasteiger partial charge in [0.15, 0.2) is 0 Å². The molecule has 0 aliphatic carbocycles. The van der Waals surface area contributed by atoms with Crippen molar-refractivity contribution in [2.75, 3.05) is 0 Å². The first-order valence-electron chi connectivity index (χ1n) is 8.11. The van der Waals surface area contributed by atoms with Gasteiger partial charge >= 0.3 is 0 Å². The van der Waals surface area contributed by atoms with Gasteiger partial charge < -0.3 is 5.32 Å². The zero-order valence-corrected chi connectivity index (χ0v) is 13.5. The quantitative estimate of drug-likeness (QED) is 0.759. The zero-order chi connectivity index (χ0) is 15.1. The lowest BCUT2D eigenvalue weighted by Gasteiger charge is -2.23. The van der Waals surface area contributed by atoms with Crippen molar-refractivity contribution < 1.29 is 0 Å². The smallest absolute Gasteiger partial charge is 0.0320 e. The standard InChI is InChI=1S/C20H27N/c1-4-17-11-13-19(14-12-17)20(5-2)21-16(3)15-18-9-7-6-8-10-18/h6-14,16,20-21H,4-5,15H2,1-3H3. The molecule has 0 aliphatic rings. The van der Waals surface area contributed by atoms with Crippen LogP contribution in [0.1, 0.15) is 49.9 Å². The molecular formula is C20H27N. The predicted octanol–water partition coefficient (Wildman–Crippen LogP) is 4.92. The van der Waals surface area contributed by atoms with E-state index in [2.05, 4.69) is 80.7 Å². The first-order valence-corrected chi connectivity index (χ1v) is 8.11. The predicted molar refractivity (Wildman–Crippen MR) is 91.6 cm³/mol. The van der Waals surface area contributed by atoms with Gasteiger partial charge in [-0.05, 0) is 42.9 Å². The largest absolute Gasteiger partial charge is 0.307 e. The average molecular weight is 281 g/mol. The highest BCUT2D eigenvalue weighted by Gasteiger charge is 2.12. The number of rotatable bonds is 7. The minimum Gasteiger partial charge on any atom is -0.307 e. The zero-order valence-electron chi connectivity index (χ0n) is 13.5. The van der Waals surface area contributed by atoms with Crippen LogP contribution in [0.25, 0.3) is 0 Å². The summed E-state index contributed by atoms with van der Waals surface area (Å²) in [5, 5.41) is 3.77. The Morgan fingerprint density at radius 1 is 0.857 bits per heavy atom. The van der Waals surface area contributed by atoms with Gasteiger partial charge in [-0.15, -0.1) is 0 Å². The molecule has 2 aromatic carbocycles. The molecule has 0 amide bonds. The summed E-state index contributed by atoms with van der Waals surface area (Å²) in [4.78, 5) is 0. The first kappa shape index (κ1) is 15.8. The van der Waals surface area contributed by atoms with E-state index in [0.717, 1.165) is 19.3 Å². The maximum Gasteiger partial charge on any atom is 0.0320 e. The fourth-order valence-corrected chi connectivity index (χ4v) is 2.81. The topological polar surface area (TPSA) is 12.0 Å². The minimum atomic E-state index is 0.439. The van der Waals surface area contributed by atoms with Crippen molar-refractivity contribution >= 4 is 0 Å². The summed E-state index contributed by atoms with van der Waals surface area (Å²) in [5.74, 6) is 0. The molecule has 0 radical (unpaired) electrons. The van der Waals surface area contributed by atoms with Crippen LogP contribution in [0.15, 0.2) is 54.6 Å². The highest BCUT2D eigenvalue weighted by atomic mass is 14.9. The summed E-state index contributed by atoms with van der Waals surface area (Å²) in [7, 11) is 0. The van der Waals surface area contributed by atoms with E-state index in [0.29, 0.717) is 12.1 Å². The second-order valence-corrected chi connectivity index (χ2v) is 5.81. The molecule has 2 rings (SSSR count). The number of hydrogen-bond acceptors (Lipinski definition) is 1. The molecule has 0 aromatic heterocycles. The van der Waals surface area contributed by atoms with E-state index < -0.39 is 0 Å². The summed E-state index contributed by atoms with van der Waals surface area (Å²) in [6, 6.07) is 20.7. The van der Waals surface area contributed by atoms with Gasteiger partial charge in [-0.25, -0.2) is 0 Å². The third-order valence-corrected chi connectivity index (χ3v) is 4.07. The van der Waals surface area contributed by atoms with E-state index in [1.165, 1.54) is 16.7 Å². The van der Waals surface area contributed by atoms with E-state index >= 15 is 0 Å². The Labute approximate surface area is 129 Å². The fraction of sp³-hybridized carbons (Fsp3) is 0.400. The van der Waals surface area contributed by atoms with E-state index in [1.807, 2.05) is 0 Å². The van der Waals surface area contributed by atoms with Crippen molar-refractivity contribution in [3.05, 3.63) is 71.3 Å². The summed E-state index contributed by atoms with van der Waals surface area (Å²) in [5.41, 5.74) is 4.20. The molecule has 0 bridgehead atoms.